The number of benzene rings is 2. The second-order valence-electron chi connectivity index (χ2n) is 11.1. The van der Waals surface area contributed by atoms with Crippen LogP contribution in [0.5, 0.6) is 17.2 Å². The molecule has 1 spiro atoms. The SMILES string of the molecule is C/C=C1/CN2[C@H]3C[C@@]45c6ccccc6N(C)[C@H]4[C@@H]2C[C@@H]1[C@@H]3[C@H]5OC(=O)c1cc(OC)c(OC)c(OC)c1. The van der Waals surface area contributed by atoms with E-state index in [4.69, 9.17) is 18.9 Å². The van der Waals surface area contributed by atoms with E-state index in [-0.39, 0.29) is 29.4 Å². The summed E-state index contributed by atoms with van der Waals surface area (Å²) < 4.78 is 23.2. The molecule has 0 aromatic heterocycles. The zero-order chi connectivity index (χ0) is 25.6. The van der Waals surface area contributed by atoms with Crippen molar-refractivity contribution < 1.29 is 23.7 Å². The molecule has 0 radical (unpaired) electrons. The molecule has 4 saturated heterocycles. The number of carbonyl (C=O) groups is 1. The van der Waals surface area contributed by atoms with E-state index in [0.717, 1.165) is 19.4 Å². The number of para-hydroxylation sites is 1. The number of hydrogen-bond donors (Lipinski definition) is 0. The van der Waals surface area contributed by atoms with Crippen molar-refractivity contribution in [1.82, 2.24) is 4.90 Å². The summed E-state index contributed by atoms with van der Waals surface area (Å²) >= 11 is 0. The minimum atomic E-state index is -0.340. The van der Waals surface area contributed by atoms with E-state index in [1.54, 1.807) is 33.5 Å². The third-order valence-electron chi connectivity index (χ3n) is 10.1. The fourth-order valence-electron chi connectivity index (χ4n) is 8.89. The Balaban J connectivity index is 1.35. The Morgan fingerprint density at radius 2 is 1.78 bits per heavy atom. The molecule has 37 heavy (non-hydrogen) atoms. The monoisotopic (exact) mass is 502 g/mol. The molecule has 8 rings (SSSR count). The smallest absolute Gasteiger partial charge is 0.338 e. The second-order valence-corrected chi connectivity index (χ2v) is 11.1. The van der Waals surface area contributed by atoms with E-state index in [0.29, 0.717) is 40.8 Å². The van der Waals surface area contributed by atoms with Gasteiger partial charge < -0.3 is 23.8 Å². The average molecular weight is 503 g/mol. The first-order valence-corrected chi connectivity index (χ1v) is 13.2. The largest absolute Gasteiger partial charge is 0.493 e. The van der Waals surface area contributed by atoms with Gasteiger partial charge in [-0.1, -0.05) is 29.8 Å². The van der Waals surface area contributed by atoms with Crippen molar-refractivity contribution in [2.24, 2.45) is 11.8 Å². The Kier molecular flexibility index (Phi) is 4.91. The van der Waals surface area contributed by atoms with Crippen molar-refractivity contribution in [2.45, 2.75) is 49.4 Å². The number of nitrogens with zero attached hydrogens (tertiary/aromatic N) is 2. The molecule has 194 valence electrons. The minimum Gasteiger partial charge on any atom is -0.493 e. The van der Waals surface area contributed by atoms with E-state index in [9.17, 15) is 4.79 Å². The number of carbonyl (C=O) groups excluding carboxylic acids is 1. The van der Waals surface area contributed by atoms with Crippen LogP contribution in [-0.4, -0.2) is 70.0 Å². The Morgan fingerprint density at radius 1 is 1.05 bits per heavy atom. The zero-order valence-corrected chi connectivity index (χ0v) is 22.1. The first kappa shape index (κ1) is 23.0. The Labute approximate surface area is 217 Å². The normalized spacial score (nSPS) is 36.9. The topological polar surface area (TPSA) is 60.5 Å². The van der Waals surface area contributed by atoms with Gasteiger partial charge in [-0.05, 0) is 49.4 Å². The fourth-order valence-corrected chi connectivity index (χ4v) is 8.89. The van der Waals surface area contributed by atoms with Crippen molar-refractivity contribution in [2.75, 3.05) is 39.8 Å². The van der Waals surface area contributed by atoms with E-state index in [1.165, 1.54) is 16.8 Å². The molecule has 7 heteroatoms. The van der Waals surface area contributed by atoms with Gasteiger partial charge in [0.2, 0.25) is 5.75 Å². The van der Waals surface area contributed by atoms with Crippen molar-refractivity contribution in [3.05, 3.63) is 59.2 Å². The van der Waals surface area contributed by atoms with Gasteiger partial charge in [-0.3, -0.25) is 4.90 Å². The predicted molar refractivity (Wildman–Crippen MR) is 140 cm³/mol. The van der Waals surface area contributed by atoms with Crippen LogP contribution in [0, 0.1) is 11.8 Å². The summed E-state index contributed by atoms with van der Waals surface area (Å²) in [6.45, 7) is 3.19. The lowest BCUT2D eigenvalue weighted by Crippen LogP contribution is -2.68. The first-order valence-electron chi connectivity index (χ1n) is 13.2. The highest BCUT2D eigenvalue weighted by Gasteiger charge is 2.75. The highest BCUT2D eigenvalue weighted by Crippen LogP contribution is 2.68. The maximum absolute atomic E-state index is 13.9. The molecule has 1 unspecified atom stereocenters. The molecule has 5 heterocycles. The molecule has 2 aromatic rings. The molecule has 1 aliphatic carbocycles. The number of piperidine rings is 4. The number of hydrogen-bond acceptors (Lipinski definition) is 7. The average Bonchev–Trinajstić information content (AvgIpc) is 3.34. The summed E-state index contributed by atoms with van der Waals surface area (Å²) in [5.41, 5.74) is 4.31. The van der Waals surface area contributed by atoms with Crippen LogP contribution in [0.15, 0.2) is 48.0 Å². The molecule has 0 amide bonds. The number of rotatable bonds is 5. The minimum absolute atomic E-state index is 0.212. The van der Waals surface area contributed by atoms with Crippen LogP contribution >= 0.6 is 0 Å². The van der Waals surface area contributed by atoms with E-state index in [2.05, 4.69) is 54.1 Å². The van der Waals surface area contributed by atoms with E-state index in [1.807, 2.05) is 0 Å². The fraction of sp³-hybridized carbons (Fsp3) is 0.500. The highest BCUT2D eigenvalue weighted by atomic mass is 16.5. The molecule has 2 aromatic carbocycles. The van der Waals surface area contributed by atoms with Crippen molar-refractivity contribution >= 4 is 11.7 Å². The molecule has 5 aliphatic heterocycles. The van der Waals surface area contributed by atoms with Crippen LogP contribution in [0.2, 0.25) is 0 Å². The number of fused-ring (bicyclic) bond motifs is 2. The predicted octanol–water partition coefficient (Wildman–Crippen LogP) is 4.05. The van der Waals surface area contributed by atoms with Gasteiger partial charge in [-0.25, -0.2) is 4.79 Å². The van der Waals surface area contributed by atoms with Crippen LogP contribution in [-0.2, 0) is 10.2 Å². The number of methoxy groups -OCH3 is 3. The lowest BCUT2D eigenvalue weighted by molar-refractivity contribution is -0.0390. The van der Waals surface area contributed by atoms with Gasteiger partial charge in [0.05, 0.1) is 38.3 Å². The summed E-state index contributed by atoms with van der Waals surface area (Å²) in [5, 5.41) is 0. The third kappa shape index (κ3) is 2.73. The van der Waals surface area contributed by atoms with Crippen LogP contribution in [0.1, 0.15) is 35.7 Å². The number of allylic oxidation sites excluding steroid dienone is 1. The molecule has 5 fully saturated rings. The summed E-state index contributed by atoms with van der Waals surface area (Å²) in [5.74, 6) is 1.75. The lowest BCUT2D eigenvalue weighted by Gasteiger charge is -2.58. The molecule has 7 nitrogen and oxygen atoms in total. The summed E-state index contributed by atoms with van der Waals surface area (Å²) in [7, 11) is 6.91. The van der Waals surface area contributed by atoms with Crippen molar-refractivity contribution in [1.29, 1.82) is 0 Å². The summed E-state index contributed by atoms with van der Waals surface area (Å²) in [6, 6.07) is 13.3. The molecule has 6 aliphatic rings. The van der Waals surface area contributed by atoms with Crippen LogP contribution in [0.3, 0.4) is 0 Å². The molecule has 0 N–H and O–H groups in total. The lowest BCUT2D eigenvalue weighted by atomic mass is 9.65. The maximum atomic E-state index is 13.9. The second kappa shape index (κ2) is 7.90. The zero-order valence-electron chi connectivity index (χ0n) is 22.1. The molecule has 6 bridgehead atoms. The van der Waals surface area contributed by atoms with E-state index < -0.39 is 0 Å². The molecular formula is C30H34N2O5. The van der Waals surface area contributed by atoms with Gasteiger partial charge in [0, 0.05) is 37.3 Å². The van der Waals surface area contributed by atoms with Gasteiger partial charge in [0.25, 0.3) is 0 Å². The third-order valence-corrected chi connectivity index (χ3v) is 10.1. The maximum Gasteiger partial charge on any atom is 0.338 e. The van der Waals surface area contributed by atoms with Crippen molar-refractivity contribution in [3.8, 4) is 17.2 Å². The number of esters is 1. The van der Waals surface area contributed by atoms with Gasteiger partial charge >= 0.3 is 5.97 Å². The standard InChI is InChI=1S/C30H34N2O5/c1-6-16-15-32-21-13-18(16)25-22(32)14-30(19-9-7-8-10-20(19)31(2)27(21)30)28(25)37-29(33)17-11-23(34-3)26(36-5)24(12-17)35-4/h6-12,18,21-22,25,27-28H,13-15H2,1-5H3/b16-6-/t18-,21-,22-,25-,27-,28+,30+/m0/s1. The van der Waals surface area contributed by atoms with E-state index >= 15 is 0 Å². The van der Waals surface area contributed by atoms with Gasteiger partial charge in [0.1, 0.15) is 6.10 Å². The molecular weight excluding hydrogens is 468 g/mol. The van der Waals surface area contributed by atoms with Gasteiger partial charge in [0.15, 0.2) is 11.5 Å². The number of likely N-dealkylation sites (N-methyl/N-ethyl adjacent to an activating group) is 1. The first-order chi connectivity index (χ1) is 18.0. The summed E-state index contributed by atoms with van der Waals surface area (Å²) in [4.78, 5) is 19.1. The number of anilines is 1. The Morgan fingerprint density at radius 3 is 2.46 bits per heavy atom. The Hall–Kier alpha value is -3.19. The van der Waals surface area contributed by atoms with Crippen molar-refractivity contribution in [3.63, 3.8) is 0 Å². The Bertz CT molecular complexity index is 1300. The summed E-state index contributed by atoms with van der Waals surface area (Å²) in [6.07, 6.45) is 4.24. The van der Waals surface area contributed by atoms with Gasteiger partial charge in [-0.2, -0.15) is 0 Å². The van der Waals surface area contributed by atoms with Crippen LogP contribution in [0.25, 0.3) is 0 Å². The van der Waals surface area contributed by atoms with Crippen LogP contribution in [0.4, 0.5) is 5.69 Å². The quantitative estimate of drug-likeness (QED) is 0.452. The molecule has 8 atom stereocenters. The van der Waals surface area contributed by atoms with Gasteiger partial charge in [-0.15, -0.1) is 0 Å². The molecule has 1 saturated carbocycles. The number of ether oxygens (including phenoxy) is 4. The highest BCUT2D eigenvalue weighted by molar-refractivity contribution is 5.91. The van der Waals surface area contributed by atoms with Crippen LogP contribution < -0.4 is 19.1 Å².